The van der Waals surface area contributed by atoms with E-state index in [0.717, 1.165) is 11.4 Å². The normalized spacial score (nSPS) is 17.6. The van der Waals surface area contributed by atoms with E-state index in [4.69, 9.17) is 0 Å². The van der Waals surface area contributed by atoms with Crippen LogP contribution in [0.25, 0.3) is 0 Å². The van der Waals surface area contributed by atoms with Gasteiger partial charge in [0, 0.05) is 42.0 Å². The van der Waals surface area contributed by atoms with Crippen LogP contribution >= 0.6 is 0 Å². The minimum absolute atomic E-state index is 0.0443. The summed E-state index contributed by atoms with van der Waals surface area (Å²) in [5, 5.41) is 13.9. The van der Waals surface area contributed by atoms with Crippen molar-refractivity contribution < 1.29 is 40.4 Å². The summed E-state index contributed by atoms with van der Waals surface area (Å²) >= 11 is 0. The molecular weight excluding hydrogens is 556 g/mol. The summed E-state index contributed by atoms with van der Waals surface area (Å²) in [4.78, 5) is 10.5. The molecule has 10 nitrogen and oxygen atoms in total. The third-order valence-electron chi connectivity index (χ3n) is 6.83. The molecule has 0 spiro atoms. The van der Waals surface area contributed by atoms with Gasteiger partial charge in [0.15, 0.2) is 5.71 Å². The molecule has 40 heavy (non-hydrogen) atoms. The second-order valence-corrected chi connectivity index (χ2v) is 12.8. The number of carboxylic acids is 1. The maximum atomic E-state index is 12.0. The van der Waals surface area contributed by atoms with Gasteiger partial charge in [-0.05, 0) is 69.4 Å². The molecule has 1 heterocycles. The Morgan fingerprint density at radius 2 is 1.73 bits per heavy atom. The van der Waals surface area contributed by atoms with Gasteiger partial charge in [-0.3, -0.25) is 9.11 Å². The van der Waals surface area contributed by atoms with Gasteiger partial charge in [0.1, 0.15) is 6.54 Å². The molecular formula is C28H34N2O8S2. The molecule has 1 aliphatic rings. The Labute approximate surface area is 235 Å². The molecule has 0 fully saturated rings. The number of nitrogens with zero attached hydrogens (tertiary/aromatic N) is 1. The molecule has 0 amide bonds. The van der Waals surface area contributed by atoms with Gasteiger partial charge in [0.2, 0.25) is 5.69 Å². The third-order valence-corrected chi connectivity index (χ3v) is 8.49. The van der Waals surface area contributed by atoms with E-state index in [9.17, 15) is 35.8 Å². The zero-order chi connectivity index (χ0) is 29.4. The third kappa shape index (κ3) is 8.59. The molecule has 0 aliphatic carbocycles. The fourth-order valence-corrected chi connectivity index (χ4v) is 5.92. The van der Waals surface area contributed by atoms with Crippen LogP contribution < -0.4 is 10.4 Å². The molecule has 0 saturated carbocycles. The molecule has 2 aromatic carbocycles. The highest BCUT2D eigenvalue weighted by atomic mass is 32.2. The van der Waals surface area contributed by atoms with Crippen LogP contribution in [0, 0.1) is 0 Å². The maximum absolute atomic E-state index is 12.0. The summed E-state index contributed by atoms with van der Waals surface area (Å²) in [5.41, 5.74) is 2.11. The van der Waals surface area contributed by atoms with Gasteiger partial charge in [0.05, 0.1) is 16.1 Å². The number of para-hydroxylation sites is 1. The molecule has 0 radical (unpaired) electrons. The second-order valence-electron chi connectivity index (χ2n) is 9.82. The number of carboxylic acid groups (broad SMARTS) is 1. The number of nitrogens with one attached hydrogen (secondary N) is 1. The van der Waals surface area contributed by atoms with E-state index in [1.54, 1.807) is 18.3 Å². The largest absolute Gasteiger partial charge is 0.550 e. The van der Waals surface area contributed by atoms with E-state index in [1.807, 2.05) is 54.0 Å². The van der Waals surface area contributed by atoms with Crippen molar-refractivity contribution in [3.05, 3.63) is 78.5 Å². The lowest BCUT2D eigenvalue weighted by molar-refractivity contribution is -0.438. The van der Waals surface area contributed by atoms with Crippen molar-refractivity contribution in [2.75, 3.05) is 17.6 Å². The molecule has 1 atom stereocenters. The zero-order valence-corrected chi connectivity index (χ0v) is 23.8. The maximum Gasteiger partial charge on any atom is 0.294 e. The van der Waals surface area contributed by atoms with Crippen LogP contribution in [0.15, 0.2) is 77.9 Å². The highest BCUT2D eigenvalue weighted by molar-refractivity contribution is 7.86. The lowest BCUT2D eigenvalue weighted by atomic mass is 9.76. The van der Waals surface area contributed by atoms with Crippen LogP contribution in [0.4, 0.5) is 11.4 Å². The molecule has 0 saturated heterocycles. The summed E-state index contributed by atoms with van der Waals surface area (Å²) < 4.78 is 67.8. The molecule has 1 aliphatic heterocycles. The second kappa shape index (κ2) is 13.4. The number of aliphatic carboxylic acids is 1. The van der Waals surface area contributed by atoms with Crippen LogP contribution in [0.2, 0.25) is 0 Å². The number of rotatable bonds is 15. The standard InChI is InChI=1S/C28H34N2O8S2/c1-28(17-10-20-39(33,34)35)24-21-23(40(36,37)38)15-16-25(24)30(19-9-3-6-14-27(31)32)26(28)13-7-8-18-29-22-11-4-2-5-12-22/h2,4-5,7-8,11-13,15-16,18,21H,3,6,9-10,14,17,19-20H2,1H3,(H3,31,32,33,34,35,36,37,38). The Morgan fingerprint density at radius 1 is 1.00 bits per heavy atom. The monoisotopic (exact) mass is 590 g/mol. The van der Waals surface area contributed by atoms with Gasteiger partial charge in [-0.1, -0.05) is 24.3 Å². The van der Waals surface area contributed by atoms with Crippen molar-refractivity contribution in [1.82, 2.24) is 0 Å². The van der Waals surface area contributed by atoms with Gasteiger partial charge < -0.3 is 15.2 Å². The summed E-state index contributed by atoms with van der Waals surface area (Å²) in [6, 6.07) is 13.9. The van der Waals surface area contributed by atoms with Crippen LogP contribution in [-0.4, -0.2) is 54.5 Å². The Bertz CT molecular complexity index is 1510. The number of carbonyl (C=O) groups excluding carboxylic acids is 1. The molecule has 1 unspecified atom stereocenters. The van der Waals surface area contributed by atoms with E-state index in [0.29, 0.717) is 37.1 Å². The first-order valence-electron chi connectivity index (χ1n) is 12.9. The lowest BCUT2D eigenvalue weighted by Crippen LogP contribution is -2.32. The first kappa shape index (κ1) is 31.2. The van der Waals surface area contributed by atoms with Crippen LogP contribution in [0.5, 0.6) is 0 Å². The number of hydrogen-bond acceptors (Lipinski definition) is 7. The Hall–Kier alpha value is -3.32. The van der Waals surface area contributed by atoms with E-state index < -0.39 is 37.4 Å². The lowest BCUT2D eigenvalue weighted by Gasteiger charge is -2.22. The van der Waals surface area contributed by atoms with E-state index in [-0.39, 0.29) is 24.2 Å². The molecule has 3 N–H and O–H groups in total. The number of hydrogen-bond donors (Lipinski definition) is 3. The quantitative estimate of drug-likeness (QED) is 0.122. The molecule has 2 aromatic rings. The fraction of sp³-hybridized carbons (Fsp3) is 0.357. The highest BCUT2D eigenvalue weighted by Crippen LogP contribution is 2.44. The fourth-order valence-electron chi connectivity index (χ4n) is 4.90. The first-order valence-corrected chi connectivity index (χ1v) is 15.9. The number of fused-ring (bicyclic) bond motifs is 1. The van der Waals surface area contributed by atoms with Crippen molar-refractivity contribution >= 4 is 43.3 Å². The summed E-state index contributed by atoms with van der Waals surface area (Å²) in [6.07, 6.45) is 9.27. The summed E-state index contributed by atoms with van der Waals surface area (Å²) in [6.45, 7) is 2.36. The number of carbonyl (C=O) groups is 1. The number of anilines is 1. The summed E-state index contributed by atoms with van der Waals surface area (Å²) in [7, 11) is -8.71. The molecule has 216 valence electrons. The molecule has 0 bridgehead atoms. The van der Waals surface area contributed by atoms with Gasteiger partial charge in [-0.25, -0.2) is 0 Å². The average molecular weight is 591 g/mol. The minimum Gasteiger partial charge on any atom is -0.550 e. The van der Waals surface area contributed by atoms with Gasteiger partial charge in [-0.15, -0.1) is 0 Å². The smallest absolute Gasteiger partial charge is 0.294 e. The molecule has 12 heteroatoms. The van der Waals surface area contributed by atoms with Crippen molar-refractivity contribution in [2.45, 2.75) is 55.8 Å². The van der Waals surface area contributed by atoms with E-state index >= 15 is 0 Å². The van der Waals surface area contributed by atoms with Gasteiger partial charge >= 0.3 is 0 Å². The van der Waals surface area contributed by atoms with Crippen molar-refractivity contribution in [3.8, 4) is 0 Å². The number of unbranched alkanes of at least 4 members (excludes halogenated alkanes) is 2. The predicted octanol–water partition coefficient (Wildman–Crippen LogP) is 3.45. The predicted molar refractivity (Wildman–Crippen MR) is 151 cm³/mol. The van der Waals surface area contributed by atoms with Gasteiger partial charge in [-0.2, -0.15) is 21.4 Å². The number of benzene rings is 2. The van der Waals surface area contributed by atoms with Gasteiger partial charge in [0.25, 0.3) is 20.2 Å². The average Bonchev–Trinajstić information content (AvgIpc) is 3.10. The zero-order valence-electron chi connectivity index (χ0n) is 22.2. The molecule has 0 aromatic heterocycles. The molecule has 3 rings (SSSR count). The van der Waals surface area contributed by atoms with Crippen LogP contribution in [0.3, 0.4) is 0 Å². The van der Waals surface area contributed by atoms with Crippen molar-refractivity contribution in [3.63, 3.8) is 0 Å². The Kier molecular flexibility index (Phi) is 10.4. The van der Waals surface area contributed by atoms with Crippen LogP contribution in [-0.2, 0) is 30.4 Å². The number of allylic oxidation sites excluding steroid dienone is 3. The van der Waals surface area contributed by atoms with E-state index in [2.05, 4.69) is 5.32 Å². The minimum atomic E-state index is -4.50. The van der Waals surface area contributed by atoms with E-state index in [1.165, 1.54) is 12.1 Å². The Balaban J connectivity index is 2.00. The topological polar surface area (TPSA) is 164 Å². The van der Waals surface area contributed by atoms with Crippen molar-refractivity contribution in [1.29, 1.82) is 0 Å². The van der Waals surface area contributed by atoms with Crippen LogP contribution in [0.1, 0.15) is 51.0 Å². The Morgan fingerprint density at radius 3 is 2.38 bits per heavy atom. The summed E-state index contributed by atoms with van der Waals surface area (Å²) in [5.74, 6) is -1.57. The first-order chi connectivity index (χ1) is 18.8. The SMILES string of the molecule is CC1(CCCS(=O)(=O)O)C(/C=C/C=C/Nc2ccccc2)=[N+](CCCCCC(=O)[O-])c2ccc(S(=O)(=O)O)cc21. The van der Waals surface area contributed by atoms with Crippen molar-refractivity contribution in [2.24, 2.45) is 0 Å². The highest BCUT2D eigenvalue weighted by Gasteiger charge is 2.47.